The number of ether oxygens (including phenoxy) is 1. The Balaban J connectivity index is 1.68. The van der Waals surface area contributed by atoms with Crippen molar-refractivity contribution in [3.8, 4) is 5.75 Å². The van der Waals surface area contributed by atoms with E-state index in [1.807, 2.05) is 24.3 Å². The van der Waals surface area contributed by atoms with E-state index < -0.39 is 6.04 Å². The lowest BCUT2D eigenvalue weighted by Gasteiger charge is -2.19. The van der Waals surface area contributed by atoms with Crippen LogP contribution in [-0.2, 0) is 11.2 Å². The summed E-state index contributed by atoms with van der Waals surface area (Å²) in [6.07, 6.45) is 1.18. The third-order valence-electron chi connectivity index (χ3n) is 4.03. The molecule has 0 aliphatic carbocycles. The van der Waals surface area contributed by atoms with Gasteiger partial charge in [0.1, 0.15) is 17.5 Å². The van der Waals surface area contributed by atoms with Gasteiger partial charge in [0.15, 0.2) is 0 Å². The van der Waals surface area contributed by atoms with Crippen LogP contribution < -0.4 is 20.7 Å². The minimum atomic E-state index is -0.558. The fourth-order valence-corrected chi connectivity index (χ4v) is 3.59. The maximum atomic E-state index is 12.7. The van der Waals surface area contributed by atoms with E-state index in [0.29, 0.717) is 43.1 Å². The summed E-state index contributed by atoms with van der Waals surface area (Å²) < 4.78 is 5.32. The van der Waals surface area contributed by atoms with Crippen molar-refractivity contribution < 1.29 is 14.3 Å². The molecule has 1 unspecified atom stereocenters. The molecule has 0 saturated carbocycles. The Kier molecular flexibility index (Phi) is 5.30. The summed E-state index contributed by atoms with van der Waals surface area (Å²) >= 11 is 1.40. The third kappa shape index (κ3) is 3.64. The van der Waals surface area contributed by atoms with E-state index in [-0.39, 0.29) is 11.8 Å². The van der Waals surface area contributed by atoms with Crippen molar-refractivity contribution in [2.24, 2.45) is 5.73 Å². The number of thiazole rings is 1. The van der Waals surface area contributed by atoms with Crippen LogP contribution in [0.4, 0.5) is 5.69 Å². The van der Waals surface area contributed by atoms with Crippen LogP contribution >= 0.6 is 11.3 Å². The molecule has 25 heavy (non-hydrogen) atoms. The SMILES string of the molecule is COc1ccccc1N1CCC(NC(=O)c2csc(CCN)n2)C1=O. The third-order valence-corrected chi connectivity index (χ3v) is 4.94. The molecule has 1 atom stereocenters. The number of methoxy groups -OCH3 is 1. The number of nitrogens with two attached hydrogens (primary N) is 1. The van der Waals surface area contributed by atoms with Gasteiger partial charge in [-0.1, -0.05) is 12.1 Å². The van der Waals surface area contributed by atoms with Crippen LogP contribution in [0.25, 0.3) is 0 Å². The molecular formula is C17H20N4O3S. The lowest BCUT2D eigenvalue weighted by molar-refractivity contribution is -0.118. The number of benzene rings is 1. The summed E-state index contributed by atoms with van der Waals surface area (Å²) in [7, 11) is 1.57. The number of nitrogens with zero attached hydrogens (tertiary/aromatic N) is 2. The van der Waals surface area contributed by atoms with Gasteiger partial charge in [0.05, 0.1) is 17.8 Å². The average Bonchev–Trinajstić information content (AvgIpc) is 3.23. The number of hydrogen-bond acceptors (Lipinski definition) is 6. The molecule has 0 spiro atoms. The van der Waals surface area contributed by atoms with Crippen molar-refractivity contribution in [1.29, 1.82) is 0 Å². The minimum Gasteiger partial charge on any atom is -0.495 e. The molecule has 1 aromatic carbocycles. The largest absolute Gasteiger partial charge is 0.495 e. The molecule has 1 aliphatic rings. The fourth-order valence-electron chi connectivity index (χ4n) is 2.79. The number of carbonyl (C=O) groups excluding carboxylic acids is 2. The van der Waals surface area contributed by atoms with Crippen molar-refractivity contribution in [3.05, 3.63) is 40.3 Å². The molecule has 2 heterocycles. The van der Waals surface area contributed by atoms with Crippen LogP contribution in [-0.4, -0.2) is 43.0 Å². The summed E-state index contributed by atoms with van der Waals surface area (Å²) in [4.78, 5) is 30.9. The summed E-state index contributed by atoms with van der Waals surface area (Å²) in [6.45, 7) is 1.02. The molecule has 3 N–H and O–H groups in total. The van der Waals surface area contributed by atoms with Gasteiger partial charge in [0, 0.05) is 18.3 Å². The van der Waals surface area contributed by atoms with Crippen LogP contribution in [0.2, 0.25) is 0 Å². The number of hydrogen-bond donors (Lipinski definition) is 2. The average molecular weight is 360 g/mol. The Morgan fingerprint density at radius 1 is 1.48 bits per heavy atom. The van der Waals surface area contributed by atoms with E-state index in [9.17, 15) is 9.59 Å². The molecule has 1 fully saturated rings. The summed E-state index contributed by atoms with van der Waals surface area (Å²) in [5, 5.41) is 5.29. The van der Waals surface area contributed by atoms with Crippen LogP contribution in [0.1, 0.15) is 21.9 Å². The van der Waals surface area contributed by atoms with E-state index in [0.717, 1.165) is 5.01 Å². The smallest absolute Gasteiger partial charge is 0.271 e. The Bertz CT molecular complexity index is 777. The van der Waals surface area contributed by atoms with E-state index in [1.54, 1.807) is 17.4 Å². The number of para-hydroxylation sites is 2. The Morgan fingerprint density at radius 2 is 2.28 bits per heavy atom. The molecule has 1 aromatic heterocycles. The molecule has 8 heteroatoms. The van der Waals surface area contributed by atoms with Gasteiger partial charge in [-0.25, -0.2) is 4.98 Å². The first-order valence-corrected chi connectivity index (χ1v) is 8.91. The quantitative estimate of drug-likeness (QED) is 0.806. The number of nitrogens with one attached hydrogen (secondary N) is 1. The Hall–Kier alpha value is -2.45. The van der Waals surface area contributed by atoms with Gasteiger partial charge < -0.3 is 20.7 Å². The van der Waals surface area contributed by atoms with Gasteiger partial charge in [-0.15, -0.1) is 11.3 Å². The van der Waals surface area contributed by atoms with Crippen LogP contribution in [0.3, 0.4) is 0 Å². The van der Waals surface area contributed by atoms with Crippen molar-refractivity contribution in [1.82, 2.24) is 10.3 Å². The van der Waals surface area contributed by atoms with Crippen LogP contribution in [0, 0.1) is 0 Å². The predicted molar refractivity (Wildman–Crippen MR) is 96.1 cm³/mol. The highest BCUT2D eigenvalue weighted by atomic mass is 32.1. The van der Waals surface area contributed by atoms with Crippen molar-refractivity contribution >= 4 is 28.8 Å². The zero-order valence-corrected chi connectivity index (χ0v) is 14.7. The zero-order valence-electron chi connectivity index (χ0n) is 13.9. The molecule has 1 saturated heterocycles. The topological polar surface area (TPSA) is 97.6 Å². The number of anilines is 1. The molecule has 0 radical (unpaired) electrons. The van der Waals surface area contributed by atoms with E-state index in [1.165, 1.54) is 11.3 Å². The van der Waals surface area contributed by atoms with E-state index in [4.69, 9.17) is 10.5 Å². The molecule has 0 bridgehead atoms. The second-order valence-corrected chi connectivity index (χ2v) is 6.58. The fraction of sp³-hybridized carbons (Fsp3) is 0.353. The number of carbonyl (C=O) groups is 2. The van der Waals surface area contributed by atoms with E-state index >= 15 is 0 Å². The minimum absolute atomic E-state index is 0.143. The van der Waals surface area contributed by atoms with Gasteiger partial charge in [-0.05, 0) is 25.1 Å². The number of rotatable bonds is 6. The summed E-state index contributed by atoms with van der Waals surface area (Å²) in [5.41, 5.74) is 6.54. The molecule has 2 aromatic rings. The maximum Gasteiger partial charge on any atom is 0.271 e. The first kappa shape index (κ1) is 17.4. The second kappa shape index (κ2) is 7.62. The van der Waals surface area contributed by atoms with E-state index in [2.05, 4.69) is 10.3 Å². The molecule has 132 valence electrons. The highest BCUT2D eigenvalue weighted by molar-refractivity contribution is 7.09. The molecule has 2 amide bonds. The van der Waals surface area contributed by atoms with Crippen molar-refractivity contribution in [3.63, 3.8) is 0 Å². The highest BCUT2D eigenvalue weighted by Gasteiger charge is 2.35. The molecule has 1 aliphatic heterocycles. The van der Waals surface area contributed by atoms with Gasteiger partial charge in [0.2, 0.25) is 5.91 Å². The Morgan fingerprint density at radius 3 is 3.04 bits per heavy atom. The summed E-state index contributed by atoms with van der Waals surface area (Å²) in [6, 6.07) is 6.79. The second-order valence-electron chi connectivity index (χ2n) is 5.64. The molecule has 3 rings (SSSR count). The van der Waals surface area contributed by atoms with Gasteiger partial charge in [-0.2, -0.15) is 0 Å². The zero-order chi connectivity index (χ0) is 17.8. The lowest BCUT2D eigenvalue weighted by Crippen LogP contribution is -2.41. The predicted octanol–water partition coefficient (Wildman–Crippen LogP) is 1.19. The molecular weight excluding hydrogens is 340 g/mol. The maximum absolute atomic E-state index is 12.7. The number of amides is 2. The van der Waals surface area contributed by atoms with Gasteiger partial charge >= 0.3 is 0 Å². The van der Waals surface area contributed by atoms with Crippen molar-refractivity contribution in [2.75, 3.05) is 25.1 Å². The lowest BCUT2D eigenvalue weighted by atomic mass is 10.2. The molecule has 7 nitrogen and oxygen atoms in total. The van der Waals surface area contributed by atoms with Crippen LogP contribution in [0.5, 0.6) is 5.75 Å². The first-order chi connectivity index (χ1) is 12.1. The van der Waals surface area contributed by atoms with Crippen molar-refractivity contribution in [2.45, 2.75) is 18.9 Å². The first-order valence-electron chi connectivity index (χ1n) is 8.03. The standard InChI is InChI=1S/C17H20N4O3S/c1-24-14-5-3-2-4-13(14)21-9-7-11(17(21)23)20-16(22)12-10-25-15(19-12)6-8-18/h2-5,10-11H,6-9,18H2,1H3,(H,20,22). The highest BCUT2D eigenvalue weighted by Crippen LogP contribution is 2.31. The van der Waals surface area contributed by atoms with Gasteiger partial charge in [0.25, 0.3) is 5.91 Å². The number of aromatic nitrogens is 1. The Labute approximate surface area is 149 Å². The monoisotopic (exact) mass is 360 g/mol. The summed E-state index contributed by atoms with van der Waals surface area (Å²) in [5.74, 6) is 0.156. The van der Waals surface area contributed by atoms with Gasteiger partial charge in [-0.3, -0.25) is 9.59 Å². The van der Waals surface area contributed by atoms with Crippen LogP contribution in [0.15, 0.2) is 29.6 Å². The normalized spacial score (nSPS) is 17.0.